The minimum absolute atomic E-state index is 0.284. The van der Waals surface area contributed by atoms with Gasteiger partial charge in [0.15, 0.2) is 0 Å². The lowest BCUT2D eigenvalue weighted by atomic mass is 10.2. The Hall–Kier alpha value is -1.79. The predicted molar refractivity (Wildman–Crippen MR) is 83.7 cm³/mol. The first kappa shape index (κ1) is 15.6. The second-order valence-corrected chi connectivity index (χ2v) is 5.51. The molecule has 21 heavy (non-hydrogen) atoms. The van der Waals surface area contributed by atoms with E-state index in [1.807, 2.05) is 0 Å². The maximum absolute atomic E-state index is 12.3. The van der Waals surface area contributed by atoms with E-state index in [0.717, 1.165) is 0 Å². The molecule has 0 saturated heterocycles. The van der Waals surface area contributed by atoms with Crippen molar-refractivity contribution >= 4 is 40.5 Å². The normalized spacial score (nSPS) is 12.2. The Morgan fingerprint density at radius 3 is 2.57 bits per heavy atom. The Kier molecular flexibility index (Phi) is 4.39. The average Bonchev–Trinajstić information content (AvgIpc) is 2.71. The van der Waals surface area contributed by atoms with Gasteiger partial charge in [-0.25, -0.2) is 9.67 Å². The van der Waals surface area contributed by atoms with Gasteiger partial charge in [-0.05, 0) is 32.9 Å². The van der Waals surface area contributed by atoms with E-state index in [9.17, 15) is 4.79 Å². The highest BCUT2D eigenvalue weighted by molar-refractivity contribution is 6.37. The number of nitrogens with two attached hydrogens (primary N) is 1. The number of anilines is 2. The molecular formula is C13H15Cl2N5O. The van der Waals surface area contributed by atoms with Gasteiger partial charge in [0.25, 0.3) is 0 Å². The van der Waals surface area contributed by atoms with Crippen molar-refractivity contribution in [2.45, 2.75) is 26.8 Å². The standard InChI is InChI=1S/C13H15Cl2N5O/c1-6(20-8(3)17-7(2)19-20)13(21)18-12-10(15)4-9(14)5-11(12)16/h4-6H,16H2,1-3H3,(H,18,21). The molecule has 1 amide bonds. The SMILES string of the molecule is Cc1nc(C)n(C(C)C(=O)Nc2c(N)cc(Cl)cc2Cl)n1. The molecule has 1 aromatic carbocycles. The first-order chi connectivity index (χ1) is 9.79. The van der Waals surface area contributed by atoms with E-state index in [2.05, 4.69) is 15.4 Å². The third kappa shape index (κ3) is 3.28. The molecule has 0 radical (unpaired) electrons. The molecule has 6 nitrogen and oxygen atoms in total. The quantitative estimate of drug-likeness (QED) is 0.848. The number of nitrogens with zero attached hydrogens (tertiary/aromatic N) is 3. The van der Waals surface area contributed by atoms with Crippen LogP contribution in [0.3, 0.4) is 0 Å². The Morgan fingerprint density at radius 1 is 1.38 bits per heavy atom. The second kappa shape index (κ2) is 5.91. The lowest BCUT2D eigenvalue weighted by Crippen LogP contribution is -2.26. The van der Waals surface area contributed by atoms with Gasteiger partial charge in [0.1, 0.15) is 17.7 Å². The molecular weight excluding hydrogens is 313 g/mol. The summed E-state index contributed by atoms with van der Waals surface area (Å²) in [6.07, 6.45) is 0. The molecule has 0 aliphatic carbocycles. The number of nitrogen functional groups attached to an aromatic ring is 1. The van der Waals surface area contributed by atoms with Crippen LogP contribution in [0.25, 0.3) is 0 Å². The fourth-order valence-corrected chi connectivity index (χ4v) is 2.52. The number of hydrogen-bond acceptors (Lipinski definition) is 4. The van der Waals surface area contributed by atoms with Gasteiger partial charge in [0, 0.05) is 5.02 Å². The Morgan fingerprint density at radius 2 is 2.05 bits per heavy atom. The van der Waals surface area contributed by atoms with Crippen LogP contribution in [0.4, 0.5) is 11.4 Å². The molecule has 0 aliphatic rings. The summed E-state index contributed by atoms with van der Waals surface area (Å²) in [6.45, 7) is 5.27. The molecule has 8 heteroatoms. The minimum atomic E-state index is -0.544. The van der Waals surface area contributed by atoms with Gasteiger partial charge in [-0.2, -0.15) is 5.10 Å². The number of amides is 1. The van der Waals surface area contributed by atoms with Crippen molar-refractivity contribution in [2.75, 3.05) is 11.1 Å². The molecule has 0 fully saturated rings. The van der Waals surface area contributed by atoms with Crippen molar-refractivity contribution in [1.82, 2.24) is 14.8 Å². The van der Waals surface area contributed by atoms with Gasteiger partial charge in [-0.15, -0.1) is 0 Å². The zero-order valence-electron chi connectivity index (χ0n) is 11.8. The summed E-state index contributed by atoms with van der Waals surface area (Å²) in [5.74, 6) is 0.973. The lowest BCUT2D eigenvalue weighted by Gasteiger charge is -2.16. The lowest BCUT2D eigenvalue weighted by molar-refractivity contribution is -0.119. The van der Waals surface area contributed by atoms with Crippen LogP contribution in [-0.2, 0) is 4.79 Å². The van der Waals surface area contributed by atoms with Gasteiger partial charge in [0.05, 0.1) is 16.4 Å². The summed E-state index contributed by atoms with van der Waals surface area (Å²) in [5, 5.41) is 7.58. The van der Waals surface area contributed by atoms with Gasteiger partial charge < -0.3 is 11.1 Å². The summed E-state index contributed by atoms with van der Waals surface area (Å²) in [6, 6.07) is 2.50. The molecule has 1 heterocycles. The molecule has 3 N–H and O–H groups in total. The van der Waals surface area contributed by atoms with Gasteiger partial charge in [-0.1, -0.05) is 23.2 Å². The number of halogens is 2. The van der Waals surface area contributed by atoms with Gasteiger partial charge in [-0.3, -0.25) is 4.79 Å². The molecule has 1 aromatic heterocycles. The average molecular weight is 328 g/mol. The minimum Gasteiger partial charge on any atom is -0.397 e. The van der Waals surface area contributed by atoms with Crippen LogP contribution >= 0.6 is 23.2 Å². The largest absolute Gasteiger partial charge is 0.397 e. The van der Waals surface area contributed by atoms with Crippen molar-refractivity contribution in [3.8, 4) is 0 Å². The molecule has 112 valence electrons. The van der Waals surface area contributed by atoms with Crippen molar-refractivity contribution in [3.05, 3.63) is 33.8 Å². The van der Waals surface area contributed by atoms with Crippen LogP contribution in [0.5, 0.6) is 0 Å². The maximum atomic E-state index is 12.3. The molecule has 0 spiro atoms. The molecule has 1 atom stereocenters. The number of carbonyl (C=O) groups is 1. The highest BCUT2D eigenvalue weighted by Gasteiger charge is 2.20. The highest BCUT2D eigenvalue weighted by atomic mass is 35.5. The van der Waals surface area contributed by atoms with Crippen molar-refractivity contribution in [2.24, 2.45) is 0 Å². The summed E-state index contributed by atoms with van der Waals surface area (Å²) < 4.78 is 1.55. The number of carbonyl (C=O) groups excluding carboxylic acids is 1. The van der Waals surface area contributed by atoms with Crippen LogP contribution in [0, 0.1) is 13.8 Å². The summed E-state index contributed by atoms with van der Waals surface area (Å²) in [4.78, 5) is 16.5. The number of nitrogens with one attached hydrogen (secondary N) is 1. The van der Waals surface area contributed by atoms with E-state index in [1.165, 1.54) is 12.1 Å². The first-order valence-corrected chi connectivity index (χ1v) is 7.00. The third-order valence-electron chi connectivity index (χ3n) is 2.99. The summed E-state index contributed by atoms with van der Waals surface area (Å²) in [5.41, 5.74) is 6.47. The molecule has 0 saturated carbocycles. The van der Waals surface area contributed by atoms with Crippen LogP contribution < -0.4 is 11.1 Å². The highest BCUT2D eigenvalue weighted by Crippen LogP contribution is 2.32. The summed E-state index contributed by atoms with van der Waals surface area (Å²) >= 11 is 11.9. The molecule has 0 bridgehead atoms. The molecule has 2 rings (SSSR count). The molecule has 0 aliphatic heterocycles. The number of rotatable bonds is 3. The smallest absolute Gasteiger partial charge is 0.249 e. The van der Waals surface area contributed by atoms with Crippen molar-refractivity contribution < 1.29 is 4.79 Å². The predicted octanol–water partition coefficient (Wildman–Crippen LogP) is 2.98. The van der Waals surface area contributed by atoms with E-state index in [1.54, 1.807) is 25.5 Å². The second-order valence-electron chi connectivity index (χ2n) is 4.67. The van der Waals surface area contributed by atoms with Crippen molar-refractivity contribution in [3.63, 3.8) is 0 Å². The van der Waals surface area contributed by atoms with Crippen LogP contribution in [0.15, 0.2) is 12.1 Å². The number of benzene rings is 1. The fraction of sp³-hybridized carbons (Fsp3) is 0.308. The number of hydrogen-bond donors (Lipinski definition) is 2. The Bertz CT molecular complexity index is 675. The van der Waals surface area contributed by atoms with Crippen LogP contribution in [0.2, 0.25) is 10.0 Å². The molecule has 1 unspecified atom stereocenters. The zero-order chi connectivity index (χ0) is 15.7. The first-order valence-electron chi connectivity index (χ1n) is 6.24. The number of aromatic nitrogens is 3. The van der Waals surface area contributed by atoms with Gasteiger partial charge >= 0.3 is 0 Å². The Balaban J connectivity index is 2.24. The fourth-order valence-electron chi connectivity index (χ4n) is 1.97. The van der Waals surface area contributed by atoms with E-state index in [0.29, 0.717) is 28.0 Å². The topological polar surface area (TPSA) is 85.8 Å². The Labute approximate surface area is 132 Å². The van der Waals surface area contributed by atoms with Crippen molar-refractivity contribution in [1.29, 1.82) is 0 Å². The van der Waals surface area contributed by atoms with E-state index < -0.39 is 6.04 Å². The van der Waals surface area contributed by atoms with E-state index in [4.69, 9.17) is 28.9 Å². The summed E-state index contributed by atoms with van der Waals surface area (Å²) in [7, 11) is 0. The third-order valence-corrected chi connectivity index (χ3v) is 3.50. The zero-order valence-corrected chi connectivity index (χ0v) is 13.3. The monoisotopic (exact) mass is 327 g/mol. The number of aryl methyl sites for hydroxylation is 2. The van der Waals surface area contributed by atoms with E-state index in [-0.39, 0.29) is 10.9 Å². The van der Waals surface area contributed by atoms with Crippen LogP contribution in [0.1, 0.15) is 24.6 Å². The van der Waals surface area contributed by atoms with Gasteiger partial charge in [0.2, 0.25) is 5.91 Å². The maximum Gasteiger partial charge on any atom is 0.249 e. The van der Waals surface area contributed by atoms with E-state index >= 15 is 0 Å². The van der Waals surface area contributed by atoms with Crippen LogP contribution in [-0.4, -0.2) is 20.7 Å². The molecule has 2 aromatic rings.